The first-order chi connectivity index (χ1) is 28.1. The molecule has 0 N–H and O–H groups in total. The minimum absolute atomic E-state index is 0.0341. The molecule has 2 atom stereocenters. The molecule has 0 fully saturated rings. The third-order valence-electron chi connectivity index (χ3n) is 11.1. The number of unbranched alkanes of at least 4 members (excludes halogenated alkanes) is 27. The number of quaternary nitrogens is 1. The van der Waals surface area contributed by atoms with Gasteiger partial charge in [-0.3, -0.25) is 9.59 Å². The zero-order chi connectivity index (χ0) is 42.8. The van der Waals surface area contributed by atoms with Crippen LogP contribution in [0.1, 0.15) is 226 Å². The number of carboxylic acid groups (broad SMARTS) is 1. The summed E-state index contributed by atoms with van der Waals surface area (Å²) >= 11 is 0. The first kappa shape index (κ1) is 55.8. The minimum atomic E-state index is -1.13. The molecule has 340 valence electrons. The van der Waals surface area contributed by atoms with E-state index in [2.05, 4.69) is 38.2 Å². The molecule has 8 nitrogen and oxygen atoms in total. The Hall–Kier alpha value is -2.19. The van der Waals surface area contributed by atoms with Crippen molar-refractivity contribution in [2.24, 2.45) is 0 Å². The van der Waals surface area contributed by atoms with Gasteiger partial charge in [-0.2, -0.15) is 0 Å². The number of allylic oxidation sites excluding steroid dienone is 4. The molecule has 0 radical (unpaired) electrons. The quantitative estimate of drug-likeness (QED) is 0.0261. The van der Waals surface area contributed by atoms with Crippen LogP contribution in [0.3, 0.4) is 0 Å². The number of rotatable bonds is 44. The molecule has 0 amide bonds. The highest BCUT2D eigenvalue weighted by Gasteiger charge is 2.25. The number of likely N-dealkylation sites (N-methyl/N-ethyl adjacent to an activating group) is 1. The summed E-state index contributed by atoms with van der Waals surface area (Å²) in [5, 5.41) is 11.6. The molecule has 0 spiro atoms. The van der Waals surface area contributed by atoms with E-state index in [-0.39, 0.29) is 42.7 Å². The molecule has 8 heteroatoms. The van der Waals surface area contributed by atoms with E-state index < -0.39 is 18.1 Å². The molecule has 0 saturated heterocycles. The smallest absolute Gasteiger partial charge is 0.306 e. The maximum Gasteiger partial charge on any atom is 0.306 e. The van der Waals surface area contributed by atoms with Crippen LogP contribution in [-0.4, -0.2) is 75.5 Å². The molecule has 0 aliphatic carbocycles. The molecule has 0 saturated carbocycles. The molecule has 2 unspecified atom stereocenters. The van der Waals surface area contributed by atoms with Crippen LogP contribution in [0.5, 0.6) is 0 Å². The molecule has 0 aromatic heterocycles. The summed E-state index contributed by atoms with van der Waals surface area (Å²) in [6.45, 7) is 4.66. The minimum Gasteiger partial charge on any atom is -0.544 e. The number of esters is 2. The van der Waals surface area contributed by atoms with Crippen molar-refractivity contribution >= 4 is 17.9 Å². The number of hydrogen-bond donors (Lipinski definition) is 0. The zero-order valence-corrected chi connectivity index (χ0v) is 38.7. The highest BCUT2D eigenvalue weighted by atomic mass is 16.6. The van der Waals surface area contributed by atoms with Crippen molar-refractivity contribution < 1.29 is 38.2 Å². The second kappa shape index (κ2) is 41.5. The fraction of sp³-hybridized carbons (Fsp3) is 0.860. The maximum atomic E-state index is 12.7. The molecular formula is C50H93NO7. The SMILES string of the molecule is CCCCCCCCC/C=C/C=C/CCCCCC(=O)OC(COCCC(C(=O)[O-])[N+](C)(C)C)COC(=O)CCCCCCCCCCCCCCCCCCCC. The lowest BCUT2D eigenvalue weighted by molar-refractivity contribution is -0.889. The number of nitrogens with zero attached hydrogens (tertiary/aromatic N) is 1. The number of carboxylic acids is 1. The van der Waals surface area contributed by atoms with Gasteiger partial charge in [-0.25, -0.2) is 0 Å². The van der Waals surface area contributed by atoms with E-state index in [1.165, 1.54) is 141 Å². The molecule has 0 rings (SSSR count). The average molecular weight is 820 g/mol. The first-order valence-corrected chi connectivity index (χ1v) is 24.4. The van der Waals surface area contributed by atoms with Crippen LogP contribution in [-0.2, 0) is 28.6 Å². The normalized spacial score (nSPS) is 13.1. The van der Waals surface area contributed by atoms with Crippen LogP contribution in [0.4, 0.5) is 0 Å². The van der Waals surface area contributed by atoms with Crippen molar-refractivity contribution in [3.05, 3.63) is 24.3 Å². The Morgan fingerprint density at radius 1 is 0.517 bits per heavy atom. The zero-order valence-electron chi connectivity index (χ0n) is 38.7. The third kappa shape index (κ3) is 39.3. The lowest BCUT2D eigenvalue weighted by Crippen LogP contribution is -2.55. The van der Waals surface area contributed by atoms with Gasteiger partial charge in [-0.15, -0.1) is 0 Å². The van der Waals surface area contributed by atoms with Crippen LogP contribution < -0.4 is 5.11 Å². The molecule has 0 aliphatic rings. The van der Waals surface area contributed by atoms with Gasteiger partial charge in [0.1, 0.15) is 12.6 Å². The molecular weight excluding hydrogens is 727 g/mol. The predicted octanol–water partition coefficient (Wildman–Crippen LogP) is 12.3. The largest absolute Gasteiger partial charge is 0.544 e. The summed E-state index contributed by atoms with van der Waals surface area (Å²) in [5.41, 5.74) is 0. The van der Waals surface area contributed by atoms with E-state index in [9.17, 15) is 19.5 Å². The van der Waals surface area contributed by atoms with E-state index in [0.29, 0.717) is 12.8 Å². The van der Waals surface area contributed by atoms with Crippen molar-refractivity contribution in [3.8, 4) is 0 Å². The summed E-state index contributed by atoms with van der Waals surface area (Å²) in [6, 6.07) is -0.728. The standard InChI is InChI=1S/C50H93NO7/c1-6-8-10-12-14-16-18-20-22-24-25-27-28-30-32-34-36-38-40-48(52)57-45-46(44-56-43-42-47(50(54)55)51(3,4)5)58-49(53)41-39-37-35-33-31-29-26-23-21-19-17-15-13-11-9-7-2/h23,26,29,31,46-47H,6-22,24-25,27-28,30,32-45H2,1-5H3/b26-23+,31-29+. The lowest BCUT2D eigenvalue weighted by atomic mass is 10.0. The van der Waals surface area contributed by atoms with Gasteiger partial charge in [0.2, 0.25) is 0 Å². The van der Waals surface area contributed by atoms with E-state index >= 15 is 0 Å². The Balaban J connectivity index is 4.29. The van der Waals surface area contributed by atoms with Gasteiger partial charge in [0.05, 0.1) is 40.3 Å². The van der Waals surface area contributed by atoms with Gasteiger partial charge < -0.3 is 28.6 Å². The Kier molecular flexibility index (Phi) is 40.0. The molecule has 0 aromatic carbocycles. The Labute approximate surface area is 358 Å². The second-order valence-electron chi connectivity index (χ2n) is 17.7. The second-order valence-corrected chi connectivity index (χ2v) is 17.7. The summed E-state index contributed by atoms with van der Waals surface area (Å²) in [6.07, 6.45) is 46.3. The first-order valence-electron chi connectivity index (χ1n) is 24.4. The maximum absolute atomic E-state index is 12.7. The number of aliphatic carboxylic acids is 1. The van der Waals surface area contributed by atoms with Crippen molar-refractivity contribution in [1.82, 2.24) is 0 Å². The Morgan fingerprint density at radius 3 is 1.31 bits per heavy atom. The number of carbonyl (C=O) groups excluding carboxylic acids is 3. The fourth-order valence-electron chi connectivity index (χ4n) is 7.30. The third-order valence-corrected chi connectivity index (χ3v) is 11.1. The summed E-state index contributed by atoms with van der Waals surface area (Å²) in [4.78, 5) is 36.9. The van der Waals surface area contributed by atoms with Crippen LogP contribution >= 0.6 is 0 Å². The Bertz CT molecular complexity index is 1000. The van der Waals surface area contributed by atoms with Gasteiger partial charge in [0.25, 0.3) is 0 Å². The van der Waals surface area contributed by atoms with Crippen molar-refractivity contribution in [1.29, 1.82) is 0 Å². The van der Waals surface area contributed by atoms with Crippen LogP contribution in [0.15, 0.2) is 24.3 Å². The Morgan fingerprint density at radius 2 is 0.897 bits per heavy atom. The summed E-state index contributed by atoms with van der Waals surface area (Å²) in [7, 11) is 5.41. The monoisotopic (exact) mass is 820 g/mol. The average Bonchev–Trinajstić information content (AvgIpc) is 3.18. The van der Waals surface area contributed by atoms with Gasteiger partial charge in [-0.1, -0.05) is 192 Å². The summed E-state index contributed by atoms with van der Waals surface area (Å²) < 4.78 is 17.2. The predicted molar refractivity (Wildman–Crippen MR) is 240 cm³/mol. The van der Waals surface area contributed by atoms with Crippen LogP contribution in [0.25, 0.3) is 0 Å². The van der Waals surface area contributed by atoms with Crippen LogP contribution in [0, 0.1) is 0 Å². The molecule has 0 bridgehead atoms. The van der Waals surface area contributed by atoms with E-state index in [4.69, 9.17) is 14.2 Å². The van der Waals surface area contributed by atoms with E-state index in [0.717, 1.165) is 51.4 Å². The summed E-state index contributed by atoms with van der Waals surface area (Å²) in [5.74, 6) is -1.75. The highest BCUT2D eigenvalue weighted by Crippen LogP contribution is 2.16. The van der Waals surface area contributed by atoms with Gasteiger partial charge in [0.15, 0.2) is 6.10 Å². The fourth-order valence-corrected chi connectivity index (χ4v) is 7.30. The van der Waals surface area contributed by atoms with Gasteiger partial charge in [0, 0.05) is 19.3 Å². The van der Waals surface area contributed by atoms with Gasteiger partial charge in [-0.05, 0) is 38.5 Å². The molecule has 0 aliphatic heterocycles. The van der Waals surface area contributed by atoms with Crippen molar-refractivity contribution in [2.75, 3.05) is 41.0 Å². The lowest BCUT2D eigenvalue weighted by Gasteiger charge is -2.34. The van der Waals surface area contributed by atoms with E-state index in [1.807, 2.05) is 0 Å². The van der Waals surface area contributed by atoms with E-state index in [1.54, 1.807) is 21.1 Å². The number of hydrogen-bond acceptors (Lipinski definition) is 7. The number of carbonyl (C=O) groups is 3. The highest BCUT2D eigenvalue weighted by molar-refractivity contribution is 5.70. The van der Waals surface area contributed by atoms with Crippen molar-refractivity contribution in [2.45, 2.75) is 238 Å². The van der Waals surface area contributed by atoms with Crippen LogP contribution in [0.2, 0.25) is 0 Å². The number of ether oxygens (including phenoxy) is 3. The van der Waals surface area contributed by atoms with Crippen molar-refractivity contribution in [3.63, 3.8) is 0 Å². The topological polar surface area (TPSA) is 102 Å². The van der Waals surface area contributed by atoms with Gasteiger partial charge >= 0.3 is 11.9 Å². The molecule has 0 heterocycles. The molecule has 58 heavy (non-hydrogen) atoms. The molecule has 0 aromatic rings.